The summed E-state index contributed by atoms with van der Waals surface area (Å²) in [4.78, 5) is 25.0. The minimum absolute atomic E-state index is 0.00122. The van der Waals surface area contributed by atoms with Gasteiger partial charge in [-0.2, -0.15) is 0 Å². The van der Waals surface area contributed by atoms with Crippen molar-refractivity contribution in [3.05, 3.63) is 48.0 Å². The minimum atomic E-state index is -2.12. The Morgan fingerprint density at radius 1 is 1.11 bits per heavy atom. The average molecular weight is 404 g/mol. The van der Waals surface area contributed by atoms with Gasteiger partial charge in [-0.25, -0.2) is 4.79 Å². The Balaban J connectivity index is 2.19. The SMILES string of the molecule is CC(C)(C)[Si](C)(C)O[C@@H]1C/C=C/CCC(=O)N[C@H](c2ccccc2)COC1=O. The molecular weight excluding hydrogens is 370 g/mol. The number of hydrogen-bond acceptors (Lipinski definition) is 4. The molecule has 6 heteroatoms. The first-order valence-corrected chi connectivity index (χ1v) is 12.8. The molecule has 0 unspecified atom stereocenters. The van der Waals surface area contributed by atoms with E-state index in [0.29, 0.717) is 19.3 Å². The van der Waals surface area contributed by atoms with Crippen molar-refractivity contribution < 1.29 is 18.8 Å². The Labute approximate surface area is 169 Å². The Kier molecular flexibility index (Phi) is 7.60. The van der Waals surface area contributed by atoms with Gasteiger partial charge in [-0.3, -0.25) is 4.79 Å². The van der Waals surface area contributed by atoms with Crippen LogP contribution in [0.5, 0.6) is 0 Å². The number of carbonyl (C=O) groups is 2. The third-order valence-corrected chi connectivity index (χ3v) is 9.98. The zero-order valence-electron chi connectivity index (χ0n) is 17.7. The molecule has 1 aromatic rings. The number of benzene rings is 1. The standard InChI is InChI=1S/C22H33NO4Si/c1-22(2,3)28(4,5)27-19-14-10-7-11-15-20(24)23-18(16-26-21(19)25)17-12-8-6-9-13-17/h6-10,12-13,18-19H,11,14-16H2,1-5H3,(H,23,24)/b10-7+/t18-,19+/m0/s1. The number of amides is 1. The molecule has 1 N–H and O–H groups in total. The predicted molar refractivity (Wildman–Crippen MR) is 113 cm³/mol. The van der Waals surface area contributed by atoms with Crippen LogP contribution >= 0.6 is 0 Å². The molecule has 0 bridgehead atoms. The van der Waals surface area contributed by atoms with Crippen molar-refractivity contribution in [3.8, 4) is 0 Å². The smallest absolute Gasteiger partial charge is 0.334 e. The van der Waals surface area contributed by atoms with Gasteiger partial charge in [0.15, 0.2) is 8.32 Å². The summed E-state index contributed by atoms with van der Waals surface area (Å²) < 4.78 is 12.0. The number of esters is 1. The number of cyclic esters (lactones) is 1. The molecule has 28 heavy (non-hydrogen) atoms. The quantitative estimate of drug-likeness (QED) is 0.458. The highest BCUT2D eigenvalue weighted by Gasteiger charge is 2.41. The summed E-state index contributed by atoms with van der Waals surface area (Å²) in [5.74, 6) is -0.422. The van der Waals surface area contributed by atoms with E-state index in [1.165, 1.54) is 0 Å². The van der Waals surface area contributed by atoms with Crippen LogP contribution in [-0.2, 0) is 18.8 Å². The molecule has 2 rings (SSSR count). The molecule has 1 aromatic carbocycles. The summed E-state index contributed by atoms with van der Waals surface area (Å²) in [5, 5.41) is 2.98. The summed E-state index contributed by atoms with van der Waals surface area (Å²) in [7, 11) is -2.12. The van der Waals surface area contributed by atoms with Crippen molar-refractivity contribution in [2.45, 2.75) is 70.3 Å². The van der Waals surface area contributed by atoms with Crippen LogP contribution in [0.4, 0.5) is 0 Å². The highest BCUT2D eigenvalue weighted by molar-refractivity contribution is 6.74. The molecule has 0 aliphatic carbocycles. The number of nitrogens with one attached hydrogen (secondary N) is 1. The molecule has 5 nitrogen and oxygen atoms in total. The van der Waals surface area contributed by atoms with E-state index in [4.69, 9.17) is 9.16 Å². The van der Waals surface area contributed by atoms with Gasteiger partial charge in [0.1, 0.15) is 12.7 Å². The van der Waals surface area contributed by atoms with Crippen LogP contribution in [0, 0.1) is 0 Å². The predicted octanol–water partition coefficient (Wildman–Crippen LogP) is 4.52. The minimum Gasteiger partial charge on any atom is -0.461 e. The van der Waals surface area contributed by atoms with Crippen molar-refractivity contribution >= 4 is 20.2 Å². The summed E-state index contributed by atoms with van der Waals surface area (Å²) in [5.41, 5.74) is 0.915. The third kappa shape index (κ3) is 6.31. The third-order valence-electron chi connectivity index (χ3n) is 5.49. The average Bonchev–Trinajstić information content (AvgIpc) is 2.62. The molecule has 0 fully saturated rings. The Morgan fingerprint density at radius 3 is 2.43 bits per heavy atom. The van der Waals surface area contributed by atoms with Crippen LogP contribution in [0.2, 0.25) is 18.1 Å². The molecule has 0 saturated carbocycles. The van der Waals surface area contributed by atoms with Gasteiger partial charge in [-0.1, -0.05) is 63.3 Å². The zero-order valence-corrected chi connectivity index (χ0v) is 18.7. The van der Waals surface area contributed by atoms with Gasteiger partial charge >= 0.3 is 5.97 Å². The van der Waals surface area contributed by atoms with Crippen LogP contribution in [0.15, 0.2) is 42.5 Å². The fraction of sp³-hybridized carbons (Fsp3) is 0.545. The Bertz CT molecular complexity index is 694. The summed E-state index contributed by atoms with van der Waals surface area (Å²) >= 11 is 0. The van der Waals surface area contributed by atoms with Crippen molar-refractivity contribution in [3.63, 3.8) is 0 Å². The molecule has 0 radical (unpaired) electrons. The van der Waals surface area contributed by atoms with Gasteiger partial charge in [-0.15, -0.1) is 0 Å². The summed E-state index contributed by atoms with van der Waals surface area (Å²) in [6.07, 6.45) is 4.74. The molecule has 0 aromatic heterocycles. The maximum Gasteiger partial charge on any atom is 0.334 e. The fourth-order valence-electron chi connectivity index (χ4n) is 2.71. The van der Waals surface area contributed by atoms with E-state index in [9.17, 15) is 9.59 Å². The molecule has 0 spiro atoms. The van der Waals surface area contributed by atoms with E-state index in [2.05, 4.69) is 39.2 Å². The van der Waals surface area contributed by atoms with E-state index in [0.717, 1.165) is 5.56 Å². The van der Waals surface area contributed by atoms with E-state index in [1.807, 2.05) is 42.5 Å². The summed E-state index contributed by atoms with van der Waals surface area (Å²) in [6.45, 7) is 10.8. The number of rotatable bonds is 3. The first-order chi connectivity index (χ1) is 13.1. The molecule has 1 amide bonds. The second kappa shape index (κ2) is 9.52. The Morgan fingerprint density at radius 2 is 1.79 bits per heavy atom. The van der Waals surface area contributed by atoms with Crippen molar-refractivity contribution in [1.29, 1.82) is 0 Å². The second-order valence-corrected chi connectivity index (χ2v) is 13.5. The lowest BCUT2D eigenvalue weighted by molar-refractivity contribution is -0.153. The Hall–Kier alpha value is -1.92. The van der Waals surface area contributed by atoms with E-state index in [1.54, 1.807) is 0 Å². The fourth-order valence-corrected chi connectivity index (χ4v) is 3.97. The molecule has 1 heterocycles. The van der Waals surface area contributed by atoms with Crippen molar-refractivity contribution in [2.75, 3.05) is 6.61 Å². The van der Waals surface area contributed by atoms with E-state index >= 15 is 0 Å². The molecule has 0 saturated heterocycles. The number of hydrogen-bond donors (Lipinski definition) is 1. The molecule has 154 valence electrons. The molecular formula is C22H33NO4Si. The van der Waals surface area contributed by atoms with Gasteiger partial charge in [-0.05, 0) is 30.1 Å². The van der Waals surface area contributed by atoms with E-state index < -0.39 is 14.4 Å². The van der Waals surface area contributed by atoms with E-state index in [-0.39, 0.29) is 29.6 Å². The van der Waals surface area contributed by atoms with Gasteiger partial charge < -0.3 is 14.5 Å². The number of carbonyl (C=O) groups excluding carboxylic acids is 2. The maximum absolute atomic E-state index is 12.8. The van der Waals surface area contributed by atoms with Crippen LogP contribution < -0.4 is 5.32 Å². The molecule has 2 atom stereocenters. The monoisotopic (exact) mass is 403 g/mol. The first kappa shape index (κ1) is 22.4. The zero-order chi connectivity index (χ0) is 20.8. The molecule has 1 aliphatic rings. The van der Waals surface area contributed by atoms with Crippen LogP contribution in [-0.4, -0.2) is 32.9 Å². The maximum atomic E-state index is 12.8. The highest BCUT2D eigenvalue weighted by Crippen LogP contribution is 2.37. The van der Waals surface area contributed by atoms with Crippen LogP contribution in [0.3, 0.4) is 0 Å². The van der Waals surface area contributed by atoms with Crippen molar-refractivity contribution in [1.82, 2.24) is 5.32 Å². The lowest BCUT2D eigenvalue weighted by Gasteiger charge is -2.38. The van der Waals surface area contributed by atoms with Gasteiger partial charge in [0.25, 0.3) is 0 Å². The first-order valence-electron chi connectivity index (χ1n) is 9.94. The van der Waals surface area contributed by atoms with Crippen LogP contribution in [0.25, 0.3) is 0 Å². The largest absolute Gasteiger partial charge is 0.461 e. The highest BCUT2D eigenvalue weighted by atomic mass is 28.4. The van der Waals surface area contributed by atoms with Crippen molar-refractivity contribution in [2.24, 2.45) is 0 Å². The van der Waals surface area contributed by atoms with Crippen LogP contribution in [0.1, 0.15) is 51.6 Å². The second-order valence-electron chi connectivity index (χ2n) is 8.77. The lowest BCUT2D eigenvalue weighted by Crippen LogP contribution is -2.46. The normalized spacial score (nSPS) is 23.8. The molecule has 1 aliphatic heterocycles. The van der Waals surface area contributed by atoms with Gasteiger partial charge in [0.05, 0.1) is 6.04 Å². The lowest BCUT2D eigenvalue weighted by atomic mass is 10.1. The number of allylic oxidation sites excluding steroid dienone is 1. The number of ether oxygens (including phenoxy) is 1. The van der Waals surface area contributed by atoms with Gasteiger partial charge in [0.2, 0.25) is 5.91 Å². The topological polar surface area (TPSA) is 64.6 Å². The van der Waals surface area contributed by atoms with Gasteiger partial charge in [0, 0.05) is 12.8 Å². The summed E-state index contributed by atoms with van der Waals surface area (Å²) in [6, 6.07) is 9.22.